The molecule has 0 spiro atoms. The molecule has 2 aliphatic carbocycles. The Morgan fingerprint density at radius 1 is 1.00 bits per heavy atom. The van der Waals surface area contributed by atoms with Crippen LogP contribution in [-0.4, -0.2) is 90.1 Å². The average molecular weight is 718 g/mol. The standard InChI is InChI=1S/C37H59N5O7S/c1-10-12-16-26(28(43)31(45)38-22-11-2)39-30(44)27-25(36(9)20-21-36)17-23-42(27)32(46)29(34(3,4)5)40-33(47)41-37(18-14-13-15-19-37)24-50(48,49)35(6,7)8/h1,11,25-27,29H,2,12-24H2,3-9H3,(H,38,45)(H,39,44)(H2,40,41,47)/t25-,26?,27?,29-/m1/s1. The quantitative estimate of drug-likeness (QED) is 0.121. The van der Waals surface area contributed by atoms with Crippen LogP contribution in [0.3, 0.4) is 0 Å². The molecule has 2 unspecified atom stereocenters. The van der Waals surface area contributed by atoms with E-state index in [2.05, 4.69) is 40.7 Å². The monoisotopic (exact) mass is 717 g/mol. The zero-order valence-corrected chi connectivity index (χ0v) is 31.9. The van der Waals surface area contributed by atoms with Crippen molar-refractivity contribution in [2.75, 3.05) is 18.8 Å². The fraction of sp³-hybridized carbons (Fsp3) is 0.757. The van der Waals surface area contributed by atoms with E-state index in [1.807, 2.05) is 20.8 Å². The largest absolute Gasteiger partial charge is 0.346 e. The van der Waals surface area contributed by atoms with Gasteiger partial charge in [0.1, 0.15) is 12.1 Å². The highest BCUT2D eigenvalue weighted by Crippen LogP contribution is 2.56. The maximum atomic E-state index is 14.5. The third-order valence-corrected chi connectivity index (χ3v) is 13.5. The van der Waals surface area contributed by atoms with Crippen molar-refractivity contribution in [3.05, 3.63) is 12.7 Å². The van der Waals surface area contributed by atoms with Crippen molar-refractivity contribution < 1.29 is 32.4 Å². The van der Waals surface area contributed by atoms with Crippen LogP contribution in [0.5, 0.6) is 0 Å². The number of terminal acetylenes is 1. The number of nitrogens with zero attached hydrogens (tertiary/aromatic N) is 1. The van der Waals surface area contributed by atoms with Gasteiger partial charge in [-0.25, -0.2) is 13.2 Å². The number of likely N-dealkylation sites (tertiary alicyclic amines) is 1. The Balaban J connectivity index is 1.89. The summed E-state index contributed by atoms with van der Waals surface area (Å²) in [5.41, 5.74) is -1.94. The molecule has 3 rings (SSSR count). The van der Waals surface area contributed by atoms with Gasteiger partial charge in [-0.1, -0.05) is 53.0 Å². The van der Waals surface area contributed by atoms with Gasteiger partial charge in [-0.3, -0.25) is 19.2 Å². The molecule has 0 radical (unpaired) electrons. The Labute approximate surface area is 299 Å². The fourth-order valence-electron chi connectivity index (χ4n) is 7.16. The SMILES string of the molecule is C#CCCC(NC(=O)C1[C@H](C2(C)CC2)CCN1C(=O)[C@@H](NC(=O)NC1(CS(=O)(=O)C(C)(C)C)CCCCC1)C(C)(C)C)C(=O)C(=O)NCC=C. The maximum Gasteiger partial charge on any atom is 0.315 e. The molecule has 0 aromatic carbocycles. The second-order valence-corrected chi connectivity index (χ2v) is 19.5. The number of amides is 5. The van der Waals surface area contributed by atoms with Crippen LogP contribution in [-0.2, 0) is 29.0 Å². The lowest BCUT2D eigenvalue weighted by atomic mass is 9.82. The summed E-state index contributed by atoms with van der Waals surface area (Å²) >= 11 is 0. The van der Waals surface area contributed by atoms with Gasteiger partial charge in [-0.2, -0.15) is 0 Å². The molecule has 0 aromatic rings. The molecule has 1 saturated heterocycles. The predicted octanol–water partition coefficient (Wildman–Crippen LogP) is 3.40. The van der Waals surface area contributed by atoms with Gasteiger partial charge in [-0.15, -0.1) is 18.9 Å². The van der Waals surface area contributed by atoms with E-state index < -0.39 is 73.2 Å². The van der Waals surface area contributed by atoms with Crippen LogP contribution in [0.2, 0.25) is 0 Å². The van der Waals surface area contributed by atoms with Crippen molar-refractivity contribution in [1.29, 1.82) is 0 Å². The number of urea groups is 1. The van der Waals surface area contributed by atoms with Crippen LogP contribution < -0.4 is 21.3 Å². The van der Waals surface area contributed by atoms with Gasteiger partial charge < -0.3 is 26.2 Å². The van der Waals surface area contributed by atoms with Gasteiger partial charge in [0.25, 0.3) is 5.91 Å². The molecule has 1 aliphatic heterocycles. The molecule has 5 amide bonds. The van der Waals surface area contributed by atoms with Crippen LogP contribution in [0, 0.1) is 29.1 Å². The van der Waals surface area contributed by atoms with Gasteiger partial charge in [0.05, 0.1) is 22.1 Å². The molecule has 2 saturated carbocycles. The Kier molecular flexibility index (Phi) is 13.0. The number of Topliss-reactive ketones (excluding diaryl/α,β-unsaturated/α-hetero) is 1. The van der Waals surface area contributed by atoms with Gasteiger partial charge in [-0.05, 0) is 76.0 Å². The number of hydrogen-bond acceptors (Lipinski definition) is 7. The van der Waals surface area contributed by atoms with E-state index in [1.165, 1.54) is 11.0 Å². The first-order valence-electron chi connectivity index (χ1n) is 17.9. The van der Waals surface area contributed by atoms with Gasteiger partial charge in [0, 0.05) is 19.5 Å². The minimum absolute atomic E-state index is 0.0458. The van der Waals surface area contributed by atoms with Crippen molar-refractivity contribution in [1.82, 2.24) is 26.2 Å². The van der Waals surface area contributed by atoms with E-state index >= 15 is 0 Å². The van der Waals surface area contributed by atoms with Crippen LogP contribution in [0.25, 0.3) is 0 Å². The van der Waals surface area contributed by atoms with Crippen molar-refractivity contribution in [3.63, 3.8) is 0 Å². The highest BCUT2D eigenvalue weighted by atomic mass is 32.2. The Hall–Kier alpha value is -3.40. The average Bonchev–Trinajstić information content (AvgIpc) is 3.59. The van der Waals surface area contributed by atoms with Crippen LogP contribution in [0.1, 0.15) is 113 Å². The Morgan fingerprint density at radius 2 is 1.62 bits per heavy atom. The fourth-order valence-corrected chi connectivity index (χ4v) is 8.68. The number of rotatable bonds is 14. The smallest absolute Gasteiger partial charge is 0.315 e. The topological polar surface area (TPSA) is 171 Å². The van der Waals surface area contributed by atoms with Crippen molar-refractivity contribution >= 4 is 39.4 Å². The highest BCUT2D eigenvalue weighted by molar-refractivity contribution is 7.92. The summed E-state index contributed by atoms with van der Waals surface area (Å²) in [7, 11) is -3.58. The van der Waals surface area contributed by atoms with E-state index in [4.69, 9.17) is 6.42 Å². The summed E-state index contributed by atoms with van der Waals surface area (Å²) in [6.07, 6.45) is 12.9. The zero-order chi connectivity index (χ0) is 37.7. The van der Waals surface area contributed by atoms with E-state index in [1.54, 1.807) is 20.8 Å². The van der Waals surface area contributed by atoms with Gasteiger partial charge >= 0.3 is 6.03 Å². The molecule has 3 fully saturated rings. The summed E-state index contributed by atoms with van der Waals surface area (Å²) in [5, 5.41) is 11.1. The first-order chi connectivity index (χ1) is 23.1. The maximum absolute atomic E-state index is 14.5. The summed E-state index contributed by atoms with van der Waals surface area (Å²) < 4.78 is 25.6. The van der Waals surface area contributed by atoms with Crippen molar-refractivity contribution in [3.8, 4) is 12.3 Å². The lowest BCUT2D eigenvalue weighted by Crippen LogP contribution is -2.64. The zero-order valence-electron chi connectivity index (χ0n) is 31.1. The summed E-state index contributed by atoms with van der Waals surface area (Å²) in [5.74, 6) is -0.656. The Morgan fingerprint density at radius 3 is 2.14 bits per heavy atom. The van der Waals surface area contributed by atoms with Crippen LogP contribution in [0.4, 0.5) is 4.79 Å². The molecule has 4 N–H and O–H groups in total. The minimum atomic E-state index is -3.58. The van der Waals surface area contributed by atoms with E-state index in [0.29, 0.717) is 19.3 Å². The van der Waals surface area contributed by atoms with Crippen molar-refractivity contribution in [2.24, 2.45) is 16.7 Å². The summed E-state index contributed by atoms with van der Waals surface area (Å²) in [6.45, 7) is 16.4. The molecule has 12 nitrogen and oxygen atoms in total. The molecular weight excluding hydrogens is 659 g/mol. The highest BCUT2D eigenvalue weighted by Gasteiger charge is 2.56. The molecule has 280 valence electrons. The number of ketones is 1. The third-order valence-electron chi connectivity index (χ3n) is 10.7. The summed E-state index contributed by atoms with van der Waals surface area (Å²) in [4.78, 5) is 69.6. The minimum Gasteiger partial charge on any atom is -0.346 e. The molecule has 3 aliphatic rings. The van der Waals surface area contributed by atoms with Gasteiger partial charge in [0.15, 0.2) is 9.84 Å². The lowest BCUT2D eigenvalue weighted by molar-refractivity contribution is -0.145. The second kappa shape index (κ2) is 15.9. The van der Waals surface area contributed by atoms with E-state index in [9.17, 15) is 32.4 Å². The second-order valence-electron chi connectivity index (χ2n) is 16.8. The van der Waals surface area contributed by atoms with Crippen LogP contribution >= 0.6 is 0 Å². The molecule has 13 heteroatoms. The number of nitrogens with one attached hydrogen (secondary N) is 4. The number of hydrogen-bond donors (Lipinski definition) is 4. The van der Waals surface area contributed by atoms with Crippen molar-refractivity contribution in [2.45, 2.75) is 141 Å². The van der Waals surface area contributed by atoms with E-state index in [0.717, 1.165) is 32.1 Å². The molecule has 1 heterocycles. The lowest BCUT2D eigenvalue weighted by Gasteiger charge is -2.41. The molecule has 50 heavy (non-hydrogen) atoms. The normalized spacial score (nSPS) is 22.6. The third kappa shape index (κ3) is 9.89. The predicted molar refractivity (Wildman–Crippen MR) is 193 cm³/mol. The first-order valence-corrected chi connectivity index (χ1v) is 19.5. The van der Waals surface area contributed by atoms with Crippen LogP contribution in [0.15, 0.2) is 12.7 Å². The number of carbonyl (C=O) groups excluding carboxylic acids is 5. The Bertz CT molecular complexity index is 1460. The van der Waals surface area contributed by atoms with E-state index in [-0.39, 0.29) is 43.0 Å². The molecule has 4 atom stereocenters. The molecular formula is C37H59N5O7S. The number of carbonyl (C=O) groups is 5. The molecule has 0 bridgehead atoms. The molecule has 0 aromatic heterocycles. The summed E-state index contributed by atoms with van der Waals surface area (Å²) in [6, 6.07) is -3.83. The number of sulfone groups is 1. The van der Waals surface area contributed by atoms with Gasteiger partial charge in [0.2, 0.25) is 17.6 Å². The first kappa shape index (κ1) is 41.0.